The summed E-state index contributed by atoms with van der Waals surface area (Å²) < 4.78 is 18.1. The number of benzene rings is 2. The lowest BCUT2D eigenvalue weighted by Crippen LogP contribution is -2.12. The first-order valence-corrected chi connectivity index (χ1v) is 9.25. The van der Waals surface area contributed by atoms with Gasteiger partial charge in [0.2, 0.25) is 11.3 Å². The first-order chi connectivity index (χ1) is 14.0. The van der Waals surface area contributed by atoms with Crippen molar-refractivity contribution in [2.45, 2.75) is 20.4 Å². The monoisotopic (exact) mass is 391 g/mol. The average Bonchev–Trinajstić information content (AvgIpc) is 3.24. The van der Waals surface area contributed by atoms with Crippen LogP contribution < -0.4 is 14.9 Å². The van der Waals surface area contributed by atoms with Crippen molar-refractivity contribution in [1.82, 2.24) is 14.7 Å². The number of methoxy groups -OCH3 is 2. The van der Waals surface area contributed by atoms with Crippen molar-refractivity contribution in [2.24, 2.45) is 0 Å². The van der Waals surface area contributed by atoms with Crippen LogP contribution in [-0.4, -0.2) is 28.9 Å². The molecule has 4 rings (SSSR count). The van der Waals surface area contributed by atoms with Gasteiger partial charge in [-0.05, 0) is 38.1 Å². The minimum atomic E-state index is -0.133. The van der Waals surface area contributed by atoms with Gasteiger partial charge in [0.1, 0.15) is 17.1 Å². The molecule has 29 heavy (non-hydrogen) atoms. The van der Waals surface area contributed by atoms with E-state index in [0.29, 0.717) is 40.4 Å². The van der Waals surface area contributed by atoms with E-state index < -0.39 is 0 Å². The van der Waals surface area contributed by atoms with Gasteiger partial charge in [0.25, 0.3) is 5.89 Å². The summed E-state index contributed by atoms with van der Waals surface area (Å²) in [6, 6.07) is 11.2. The Morgan fingerprint density at radius 1 is 1.07 bits per heavy atom. The second-order valence-electron chi connectivity index (χ2n) is 6.70. The third-order valence-corrected chi connectivity index (χ3v) is 4.84. The van der Waals surface area contributed by atoms with Crippen molar-refractivity contribution in [3.8, 4) is 34.3 Å². The van der Waals surface area contributed by atoms with E-state index in [1.54, 1.807) is 38.6 Å². The molecular weight excluding hydrogens is 370 g/mol. The molecule has 0 unspecified atom stereocenters. The summed E-state index contributed by atoms with van der Waals surface area (Å²) in [5, 5.41) is 4.69. The molecule has 2 aromatic carbocycles. The van der Waals surface area contributed by atoms with Gasteiger partial charge in [0.05, 0.1) is 19.7 Å². The Kier molecular flexibility index (Phi) is 4.80. The van der Waals surface area contributed by atoms with Crippen LogP contribution in [0, 0.1) is 6.92 Å². The van der Waals surface area contributed by atoms with E-state index in [-0.39, 0.29) is 11.3 Å². The maximum Gasteiger partial charge on any atom is 0.263 e. The molecule has 0 aliphatic rings. The fourth-order valence-electron chi connectivity index (χ4n) is 3.31. The van der Waals surface area contributed by atoms with E-state index in [1.165, 1.54) is 0 Å². The Morgan fingerprint density at radius 2 is 1.79 bits per heavy atom. The summed E-state index contributed by atoms with van der Waals surface area (Å²) in [4.78, 5) is 17.6. The summed E-state index contributed by atoms with van der Waals surface area (Å²) in [7, 11) is 3.15. The molecule has 0 bridgehead atoms. The molecule has 148 valence electrons. The smallest absolute Gasteiger partial charge is 0.263 e. The van der Waals surface area contributed by atoms with Gasteiger partial charge < -0.3 is 18.6 Å². The van der Waals surface area contributed by atoms with Crippen LogP contribution in [0.1, 0.15) is 12.5 Å². The largest absolute Gasteiger partial charge is 0.497 e. The second kappa shape index (κ2) is 7.43. The number of pyridine rings is 1. The highest BCUT2D eigenvalue weighted by Gasteiger charge is 2.18. The van der Waals surface area contributed by atoms with Crippen LogP contribution >= 0.6 is 0 Å². The molecule has 2 heterocycles. The molecule has 0 amide bonds. The summed E-state index contributed by atoms with van der Waals surface area (Å²) in [6.45, 7) is 4.69. The lowest BCUT2D eigenvalue weighted by atomic mass is 10.1. The molecule has 0 saturated carbocycles. The second-order valence-corrected chi connectivity index (χ2v) is 6.70. The van der Waals surface area contributed by atoms with Crippen molar-refractivity contribution in [1.29, 1.82) is 0 Å². The molecule has 0 N–H and O–H groups in total. The van der Waals surface area contributed by atoms with Crippen LogP contribution in [0.15, 0.2) is 51.9 Å². The van der Waals surface area contributed by atoms with Crippen molar-refractivity contribution in [2.75, 3.05) is 14.2 Å². The highest BCUT2D eigenvalue weighted by molar-refractivity contribution is 5.83. The lowest BCUT2D eigenvalue weighted by molar-refractivity contribution is 0.394. The van der Waals surface area contributed by atoms with Crippen LogP contribution in [0.3, 0.4) is 0 Å². The van der Waals surface area contributed by atoms with Gasteiger partial charge in [0.15, 0.2) is 0 Å². The van der Waals surface area contributed by atoms with E-state index in [1.807, 2.05) is 36.6 Å². The molecule has 0 fully saturated rings. The van der Waals surface area contributed by atoms with Crippen LogP contribution in [-0.2, 0) is 6.54 Å². The summed E-state index contributed by atoms with van der Waals surface area (Å²) in [6.07, 6.45) is 1.77. The van der Waals surface area contributed by atoms with Crippen LogP contribution in [0.25, 0.3) is 33.7 Å². The van der Waals surface area contributed by atoms with Crippen molar-refractivity contribution < 1.29 is 14.0 Å². The molecule has 0 atom stereocenters. The van der Waals surface area contributed by atoms with Crippen LogP contribution in [0.2, 0.25) is 0 Å². The molecular formula is C22H21N3O4. The SMILES string of the molecule is CCn1cc(-c2nc(-c3cc(OC)cc(OC)c3)no2)c(=O)c2cc(C)ccc21. The molecule has 0 spiro atoms. The van der Waals surface area contributed by atoms with Crippen LogP contribution in [0.5, 0.6) is 11.5 Å². The normalized spacial score (nSPS) is 11.0. The van der Waals surface area contributed by atoms with Gasteiger partial charge in [-0.15, -0.1) is 0 Å². The minimum absolute atomic E-state index is 0.133. The third kappa shape index (κ3) is 3.35. The number of hydrogen-bond donors (Lipinski definition) is 0. The van der Waals surface area contributed by atoms with Crippen LogP contribution in [0.4, 0.5) is 0 Å². The number of hydrogen-bond acceptors (Lipinski definition) is 6. The Bertz CT molecular complexity index is 1230. The molecule has 7 heteroatoms. The quantitative estimate of drug-likeness (QED) is 0.510. The summed E-state index contributed by atoms with van der Waals surface area (Å²) >= 11 is 0. The Hall–Kier alpha value is -3.61. The minimum Gasteiger partial charge on any atom is -0.497 e. The average molecular weight is 391 g/mol. The van der Waals surface area contributed by atoms with Crippen molar-refractivity contribution in [3.63, 3.8) is 0 Å². The van der Waals surface area contributed by atoms with E-state index >= 15 is 0 Å². The zero-order chi connectivity index (χ0) is 20.5. The molecule has 0 radical (unpaired) electrons. The third-order valence-electron chi connectivity index (χ3n) is 4.84. The van der Waals surface area contributed by atoms with E-state index in [2.05, 4.69) is 10.1 Å². The highest BCUT2D eigenvalue weighted by Crippen LogP contribution is 2.29. The first kappa shape index (κ1) is 18.7. The number of aromatic nitrogens is 3. The standard InChI is InChI=1S/C22H21N3O4/c1-5-25-12-18(20(26)17-8-13(2)6-7-19(17)25)22-23-21(24-29-22)14-9-15(27-3)11-16(10-14)28-4/h6-12H,5H2,1-4H3. The summed E-state index contributed by atoms with van der Waals surface area (Å²) in [5.41, 5.74) is 2.81. The van der Waals surface area contributed by atoms with Crippen molar-refractivity contribution in [3.05, 3.63) is 58.4 Å². The maximum absolute atomic E-state index is 13.1. The fourth-order valence-corrected chi connectivity index (χ4v) is 3.31. The predicted molar refractivity (Wildman–Crippen MR) is 110 cm³/mol. The predicted octanol–water partition coefficient (Wildman–Crippen LogP) is 4.06. The van der Waals surface area contributed by atoms with Gasteiger partial charge in [0, 0.05) is 29.8 Å². The van der Waals surface area contributed by atoms with Gasteiger partial charge in [-0.1, -0.05) is 16.8 Å². The number of nitrogens with zero attached hydrogens (tertiary/aromatic N) is 3. The Labute approximate surface area is 167 Å². The zero-order valence-electron chi connectivity index (χ0n) is 16.7. The fraction of sp³-hybridized carbons (Fsp3) is 0.227. The van der Waals surface area contributed by atoms with Gasteiger partial charge in [-0.3, -0.25) is 4.79 Å². The zero-order valence-corrected chi connectivity index (χ0v) is 16.7. The number of aryl methyl sites for hydroxylation is 2. The lowest BCUT2D eigenvalue weighted by Gasteiger charge is -2.10. The molecule has 2 aromatic heterocycles. The number of rotatable bonds is 5. The molecule has 0 aliphatic heterocycles. The number of ether oxygens (including phenoxy) is 2. The maximum atomic E-state index is 13.1. The summed E-state index contributed by atoms with van der Waals surface area (Å²) in [5.74, 6) is 1.75. The first-order valence-electron chi connectivity index (χ1n) is 9.25. The number of fused-ring (bicyclic) bond motifs is 1. The molecule has 4 aromatic rings. The molecule has 7 nitrogen and oxygen atoms in total. The van der Waals surface area contributed by atoms with E-state index in [9.17, 15) is 4.79 Å². The Morgan fingerprint density at radius 3 is 2.45 bits per heavy atom. The van der Waals surface area contributed by atoms with Crippen molar-refractivity contribution >= 4 is 10.9 Å². The Balaban J connectivity index is 1.86. The van der Waals surface area contributed by atoms with Gasteiger partial charge in [-0.25, -0.2) is 0 Å². The van der Waals surface area contributed by atoms with Gasteiger partial charge in [-0.2, -0.15) is 4.98 Å². The topological polar surface area (TPSA) is 79.4 Å². The van der Waals surface area contributed by atoms with E-state index in [4.69, 9.17) is 14.0 Å². The molecule has 0 saturated heterocycles. The highest BCUT2D eigenvalue weighted by atomic mass is 16.5. The van der Waals surface area contributed by atoms with E-state index in [0.717, 1.165) is 11.1 Å². The molecule has 0 aliphatic carbocycles. The van der Waals surface area contributed by atoms with Gasteiger partial charge >= 0.3 is 0 Å².